The number of rotatable bonds is 7. The predicted molar refractivity (Wildman–Crippen MR) is 104 cm³/mol. The van der Waals surface area contributed by atoms with Gasteiger partial charge in [-0.3, -0.25) is 0 Å². The van der Waals surface area contributed by atoms with Crippen molar-refractivity contribution in [3.63, 3.8) is 0 Å². The first-order chi connectivity index (χ1) is 12.9. The van der Waals surface area contributed by atoms with E-state index in [0.29, 0.717) is 23.8 Å². The minimum Gasteiger partial charge on any atom is -0.497 e. The molecule has 0 amide bonds. The normalized spacial score (nSPS) is 11.6. The van der Waals surface area contributed by atoms with E-state index in [-0.39, 0.29) is 21.7 Å². The van der Waals surface area contributed by atoms with Crippen LogP contribution in [0.4, 0.5) is 5.88 Å². The van der Waals surface area contributed by atoms with Crippen LogP contribution in [-0.4, -0.2) is 27.1 Å². The van der Waals surface area contributed by atoms with Crippen LogP contribution in [0.2, 0.25) is 0 Å². The Bertz CT molecular complexity index is 994. The monoisotopic (exact) mass is 386 g/mol. The third-order valence-corrected chi connectivity index (χ3v) is 5.59. The van der Waals surface area contributed by atoms with Crippen molar-refractivity contribution < 1.29 is 17.6 Å². The number of benzene rings is 2. The molecule has 6 nitrogen and oxygen atoms in total. The smallest absolute Gasteiger partial charge is 0.233 e. The van der Waals surface area contributed by atoms with Crippen molar-refractivity contribution in [3.8, 4) is 17.2 Å². The first-order valence-corrected chi connectivity index (χ1v) is 10.1. The molecule has 0 bridgehead atoms. The van der Waals surface area contributed by atoms with Gasteiger partial charge >= 0.3 is 0 Å². The van der Waals surface area contributed by atoms with Crippen LogP contribution in [0.15, 0.2) is 68.9 Å². The van der Waals surface area contributed by atoms with Crippen LogP contribution in [0.3, 0.4) is 0 Å². The second-order valence-electron chi connectivity index (χ2n) is 6.47. The molecule has 0 saturated heterocycles. The fourth-order valence-corrected chi connectivity index (χ4v) is 3.76. The van der Waals surface area contributed by atoms with Gasteiger partial charge in [-0.2, -0.15) is 4.98 Å². The molecular weight excluding hydrogens is 364 g/mol. The second-order valence-corrected chi connectivity index (χ2v) is 8.34. The zero-order chi connectivity index (χ0) is 19.4. The quantitative estimate of drug-likeness (QED) is 0.654. The number of ether oxygens (including phenoxy) is 1. The lowest BCUT2D eigenvalue weighted by Crippen LogP contribution is -2.11. The Morgan fingerprint density at radius 1 is 1.07 bits per heavy atom. The van der Waals surface area contributed by atoms with Crippen LogP contribution in [0.25, 0.3) is 11.5 Å². The Balaban J connectivity index is 2.06. The summed E-state index contributed by atoms with van der Waals surface area (Å²) in [5, 5.41) is 2.96. The van der Waals surface area contributed by atoms with E-state index in [4.69, 9.17) is 9.15 Å². The number of oxazole rings is 1. The largest absolute Gasteiger partial charge is 0.497 e. The molecule has 3 rings (SSSR count). The lowest BCUT2D eigenvalue weighted by molar-refractivity contribution is 0.415. The molecule has 2 aromatic carbocycles. The Hall–Kier alpha value is -2.80. The summed E-state index contributed by atoms with van der Waals surface area (Å²) in [6.45, 7) is 4.62. The number of nitrogens with one attached hydrogen (secondary N) is 1. The van der Waals surface area contributed by atoms with Crippen molar-refractivity contribution in [1.29, 1.82) is 0 Å². The zero-order valence-corrected chi connectivity index (χ0v) is 16.3. The first kappa shape index (κ1) is 19.0. The highest BCUT2D eigenvalue weighted by Gasteiger charge is 2.28. The molecule has 0 fully saturated rings. The van der Waals surface area contributed by atoms with Crippen molar-refractivity contribution in [2.24, 2.45) is 5.92 Å². The number of hydrogen-bond acceptors (Lipinski definition) is 6. The molecule has 1 heterocycles. The number of methoxy groups -OCH3 is 1. The van der Waals surface area contributed by atoms with E-state index in [2.05, 4.69) is 10.3 Å². The fraction of sp³-hybridized carbons (Fsp3) is 0.250. The SMILES string of the molecule is COc1ccc(-c2nc(S(=O)(=O)c3ccccc3)c(NCC(C)C)o2)cc1. The second kappa shape index (κ2) is 7.84. The van der Waals surface area contributed by atoms with E-state index in [1.54, 1.807) is 61.7 Å². The fourth-order valence-electron chi connectivity index (χ4n) is 2.47. The van der Waals surface area contributed by atoms with Crippen LogP contribution in [0.1, 0.15) is 13.8 Å². The molecule has 0 saturated carbocycles. The average Bonchev–Trinajstić information content (AvgIpc) is 3.12. The van der Waals surface area contributed by atoms with Gasteiger partial charge in [0.05, 0.1) is 12.0 Å². The molecule has 1 aromatic heterocycles. The maximum atomic E-state index is 13.1. The lowest BCUT2D eigenvalue weighted by atomic mass is 10.2. The number of anilines is 1. The number of sulfone groups is 1. The summed E-state index contributed by atoms with van der Waals surface area (Å²) in [6, 6.07) is 15.3. The molecule has 3 aromatic rings. The van der Waals surface area contributed by atoms with Gasteiger partial charge in [-0.25, -0.2) is 8.42 Å². The van der Waals surface area contributed by atoms with Crippen LogP contribution < -0.4 is 10.1 Å². The van der Waals surface area contributed by atoms with Gasteiger partial charge in [0.2, 0.25) is 26.6 Å². The van der Waals surface area contributed by atoms with Crippen LogP contribution in [0, 0.1) is 5.92 Å². The van der Waals surface area contributed by atoms with Gasteiger partial charge in [0.15, 0.2) is 0 Å². The van der Waals surface area contributed by atoms with E-state index in [1.807, 2.05) is 13.8 Å². The molecule has 7 heteroatoms. The maximum Gasteiger partial charge on any atom is 0.233 e. The average molecular weight is 386 g/mol. The van der Waals surface area contributed by atoms with Gasteiger partial charge in [-0.15, -0.1) is 0 Å². The van der Waals surface area contributed by atoms with Gasteiger partial charge < -0.3 is 14.5 Å². The van der Waals surface area contributed by atoms with Crippen LogP contribution in [-0.2, 0) is 9.84 Å². The van der Waals surface area contributed by atoms with E-state index >= 15 is 0 Å². The van der Waals surface area contributed by atoms with Gasteiger partial charge in [0, 0.05) is 12.1 Å². The Labute approximate surface area is 159 Å². The zero-order valence-electron chi connectivity index (χ0n) is 15.5. The van der Waals surface area contributed by atoms with Crippen LogP contribution in [0.5, 0.6) is 5.75 Å². The first-order valence-electron chi connectivity index (χ1n) is 8.61. The van der Waals surface area contributed by atoms with E-state index in [9.17, 15) is 8.42 Å². The highest BCUT2D eigenvalue weighted by atomic mass is 32.2. The summed E-state index contributed by atoms with van der Waals surface area (Å²) < 4.78 is 37.1. The summed E-state index contributed by atoms with van der Waals surface area (Å²) in [6.07, 6.45) is 0. The summed E-state index contributed by atoms with van der Waals surface area (Å²) in [5.74, 6) is 1.39. The molecule has 0 aliphatic heterocycles. The standard InChI is InChI=1S/C20H22N2O4S/c1-14(2)13-21-19-20(27(23,24)17-7-5-4-6-8-17)22-18(26-19)15-9-11-16(25-3)12-10-15/h4-12,14,21H,13H2,1-3H3. The third kappa shape index (κ3) is 4.14. The highest BCUT2D eigenvalue weighted by molar-refractivity contribution is 7.91. The summed E-state index contributed by atoms with van der Waals surface area (Å²) >= 11 is 0. The van der Waals surface area contributed by atoms with Crippen molar-refractivity contribution >= 4 is 15.7 Å². The van der Waals surface area contributed by atoms with E-state index in [0.717, 1.165) is 0 Å². The van der Waals surface area contributed by atoms with Gasteiger partial charge in [0.25, 0.3) is 0 Å². The number of nitrogens with zero attached hydrogens (tertiary/aromatic N) is 1. The summed E-state index contributed by atoms with van der Waals surface area (Å²) in [7, 11) is -2.23. The van der Waals surface area contributed by atoms with Gasteiger partial charge in [0.1, 0.15) is 5.75 Å². The summed E-state index contributed by atoms with van der Waals surface area (Å²) in [4.78, 5) is 4.48. The molecule has 27 heavy (non-hydrogen) atoms. The van der Waals surface area contributed by atoms with Gasteiger partial charge in [-0.05, 0) is 42.3 Å². The molecule has 0 radical (unpaired) electrons. The minimum atomic E-state index is -3.81. The maximum absolute atomic E-state index is 13.1. The van der Waals surface area contributed by atoms with Crippen molar-refractivity contribution in [1.82, 2.24) is 4.98 Å². The summed E-state index contributed by atoms with van der Waals surface area (Å²) in [5.41, 5.74) is 0.665. The molecule has 142 valence electrons. The molecule has 0 spiro atoms. The van der Waals surface area contributed by atoms with Crippen LogP contribution >= 0.6 is 0 Å². The van der Waals surface area contributed by atoms with E-state index in [1.165, 1.54) is 0 Å². The lowest BCUT2D eigenvalue weighted by Gasteiger charge is -2.07. The highest BCUT2D eigenvalue weighted by Crippen LogP contribution is 2.33. The van der Waals surface area contributed by atoms with Crippen molar-refractivity contribution in [2.45, 2.75) is 23.8 Å². The topological polar surface area (TPSA) is 81.4 Å². The molecular formula is C20H22N2O4S. The van der Waals surface area contributed by atoms with E-state index < -0.39 is 9.84 Å². The van der Waals surface area contributed by atoms with Crippen molar-refractivity contribution in [2.75, 3.05) is 19.0 Å². The Kier molecular flexibility index (Phi) is 5.51. The Morgan fingerprint density at radius 2 is 1.74 bits per heavy atom. The van der Waals surface area contributed by atoms with Crippen molar-refractivity contribution in [3.05, 3.63) is 54.6 Å². The predicted octanol–water partition coefficient (Wildman–Crippen LogP) is 4.25. The third-order valence-electron chi connectivity index (χ3n) is 3.91. The Morgan fingerprint density at radius 3 is 2.33 bits per heavy atom. The number of aromatic nitrogens is 1. The molecule has 0 aliphatic carbocycles. The molecule has 1 N–H and O–H groups in total. The van der Waals surface area contributed by atoms with Gasteiger partial charge in [-0.1, -0.05) is 32.0 Å². The molecule has 0 atom stereocenters. The molecule has 0 aliphatic rings. The minimum absolute atomic E-state index is 0.111. The molecule has 0 unspecified atom stereocenters. The number of hydrogen-bond donors (Lipinski definition) is 1.